The first-order chi connectivity index (χ1) is 18.2. The number of nitrogens with one attached hydrogen (secondary N) is 1. The van der Waals surface area contributed by atoms with E-state index in [1.807, 2.05) is 26.8 Å². The second-order valence-corrected chi connectivity index (χ2v) is 10.6. The third kappa shape index (κ3) is 5.70. The summed E-state index contributed by atoms with van der Waals surface area (Å²) in [7, 11) is 0. The van der Waals surface area contributed by atoms with E-state index < -0.39 is 11.4 Å². The lowest BCUT2D eigenvalue weighted by Crippen LogP contribution is -2.51. The molecule has 1 fully saturated rings. The van der Waals surface area contributed by atoms with E-state index in [0.717, 1.165) is 16.4 Å². The molecule has 0 radical (unpaired) electrons. The molecule has 0 spiro atoms. The van der Waals surface area contributed by atoms with Gasteiger partial charge in [-0.3, -0.25) is 4.79 Å². The lowest BCUT2D eigenvalue weighted by Gasteiger charge is -2.35. The van der Waals surface area contributed by atoms with Gasteiger partial charge in [0.05, 0.1) is 27.5 Å². The number of piperazine rings is 1. The van der Waals surface area contributed by atoms with Gasteiger partial charge in [0.1, 0.15) is 17.1 Å². The van der Waals surface area contributed by atoms with Crippen molar-refractivity contribution in [3.63, 3.8) is 0 Å². The van der Waals surface area contributed by atoms with E-state index >= 15 is 0 Å². The zero-order chi connectivity index (χ0) is 26.9. The third-order valence-corrected chi connectivity index (χ3v) is 6.63. The minimum Gasteiger partial charge on any atom is -0.444 e. The van der Waals surface area contributed by atoms with E-state index in [1.165, 1.54) is 17.5 Å². The molecule has 38 heavy (non-hydrogen) atoms. The average Bonchev–Trinajstić information content (AvgIpc) is 3.37. The largest absolute Gasteiger partial charge is 0.444 e. The number of carbonyl (C=O) groups excluding carboxylic acids is 2. The highest BCUT2D eigenvalue weighted by atomic mass is 32.1. The molecule has 10 nitrogen and oxygen atoms in total. The molecule has 0 saturated carbocycles. The van der Waals surface area contributed by atoms with E-state index in [4.69, 9.17) is 4.74 Å². The maximum atomic E-state index is 14.5. The van der Waals surface area contributed by atoms with Gasteiger partial charge in [0.25, 0.3) is 5.91 Å². The Hall–Kier alpha value is -4.19. The first kappa shape index (κ1) is 25.5. The fraction of sp³-hybridized carbons (Fsp3) is 0.308. The van der Waals surface area contributed by atoms with Gasteiger partial charge in [-0.15, -0.1) is 11.3 Å². The molecule has 0 bridgehead atoms. The summed E-state index contributed by atoms with van der Waals surface area (Å²) in [6, 6.07) is 8.75. The molecule has 1 aliphatic heterocycles. The summed E-state index contributed by atoms with van der Waals surface area (Å²) in [5.41, 5.74) is 3.09. The molecular formula is C26H26FN7O3S. The van der Waals surface area contributed by atoms with Crippen LogP contribution in [0.3, 0.4) is 0 Å². The summed E-state index contributed by atoms with van der Waals surface area (Å²) in [6.07, 6.45) is 2.19. The van der Waals surface area contributed by atoms with Gasteiger partial charge < -0.3 is 19.9 Å². The molecule has 1 aromatic carbocycles. The number of fused-ring (bicyclic) bond motifs is 1. The van der Waals surface area contributed by atoms with Crippen molar-refractivity contribution in [3.8, 4) is 11.3 Å². The van der Waals surface area contributed by atoms with Crippen LogP contribution in [0.4, 0.5) is 21.0 Å². The van der Waals surface area contributed by atoms with E-state index in [0.29, 0.717) is 43.1 Å². The van der Waals surface area contributed by atoms with Gasteiger partial charge in [-0.1, -0.05) is 6.07 Å². The predicted octanol–water partition coefficient (Wildman–Crippen LogP) is 4.72. The van der Waals surface area contributed by atoms with Crippen molar-refractivity contribution in [2.24, 2.45) is 0 Å². The fourth-order valence-corrected chi connectivity index (χ4v) is 4.60. The number of hydrogen-bond donors (Lipinski definition) is 1. The minimum absolute atomic E-state index is 0.148. The van der Waals surface area contributed by atoms with Gasteiger partial charge in [0.2, 0.25) is 5.95 Å². The van der Waals surface area contributed by atoms with Crippen LogP contribution in [0.1, 0.15) is 31.1 Å². The Bertz CT molecular complexity index is 1480. The average molecular weight is 536 g/mol. The Balaban J connectivity index is 1.22. The van der Waals surface area contributed by atoms with Gasteiger partial charge in [-0.2, -0.15) is 0 Å². The molecule has 3 aromatic heterocycles. The Labute approximate surface area is 222 Å². The van der Waals surface area contributed by atoms with Crippen LogP contribution in [-0.2, 0) is 4.74 Å². The number of pyridine rings is 1. The molecule has 5 rings (SSSR count). The second kappa shape index (κ2) is 10.3. The first-order valence-corrected chi connectivity index (χ1v) is 12.9. The summed E-state index contributed by atoms with van der Waals surface area (Å²) in [6.45, 7) is 7.05. The number of halogens is 1. The Morgan fingerprint density at radius 3 is 2.47 bits per heavy atom. The van der Waals surface area contributed by atoms with Crippen LogP contribution in [0, 0.1) is 5.82 Å². The SMILES string of the molecule is CC(C)(C)OC(=O)N1CCN(C(=O)c2ccc(Nc3ncc(F)c(-c4ccc5scnc5c4)n3)nc2)CC1. The molecule has 1 saturated heterocycles. The van der Waals surface area contributed by atoms with Crippen molar-refractivity contribution in [1.82, 2.24) is 29.7 Å². The zero-order valence-electron chi connectivity index (χ0n) is 21.1. The highest BCUT2D eigenvalue weighted by Crippen LogP contribution is 2.27. The van der Waals surface area contributed by atoms with Crippen molar-refractivity contribution in [3.05, 3.63) is 59.6 Å². The van der Waals surface area contributed by atoms with E-state index in [2.05, 4.69) is 25.3 Å². The maximum Gasteiger partial charge on any atom is 0.410 e. The summed E-state index contributed by atoms with van der Waals surface area (Å²) in [5.74, 6) is -0.148. The number of aromatic nitrogens is 4. The molecule has 4 aromatic rings. The van der Waals surface area contributed by atoms with Gasteiger partial charge in [0, 0.05) is 37.9 Å². The van der Waals surface area contributed by atoms with Gasteiger partial charge in [-0.05, 0) is 45.0 Å². The minimum atomic E-state index is -0.568. The van der Waals surface area contributed by atoms with E-state index in [9.17, 15) is 14.0 Å². The zero-order valence-corrected chi connectivity index (χ0v) is 22.0. The van der Waals surface area contributed by atoms with Gasteiger partial charge in [-0.25, -0.2) is 29.1 Å². The number of carbonyl (C=O) groups is 2. The lowest BCUT2D eigenvalue weighted by molar-refractivity contribution is 0.0141. The topological polar surface area (TPSA) is 113 Å². The van der Waals surface area contributed by atoms with Crippen molar-refractivity contribution in [2.75, 3.05) is 31.5 Å². The van der Waals surface area contributed by atoms with Crippen molar-refractivity contribution in [1.29, 1.82) is 0 Å². The third-order valence-electron chi connectivity index (χ3n) is 5.82. The van der Waals surface area contributed by atoms with Crippen molar-refractivity contribution in [2.45, 2.75) is 26.4 Å². The van der Waals surface area contributed by atoms with Crippen LogP contribution in [0.5, 0.6) is 0 Å². The molecule has 0 aliphatic carbocycles. The van der Waals surface area contributed by atoms with Crippen LogP contribution in [0.15, 0.2) is 48.2 Å². The second-order valence-electron chi connectivity index (χ2n) is 9.74. The summed E-state index contributed by atoms with van der Waals surface area (Å²) in [4.78, 5) is 45.4. The molecule has 2 amide bonds. The van der Waals surface area contributed by atoms with Gasteiger partial charge >= 0.3 is 6.09 Å². The quantitative estimate of drug-likeness (QED) is 0.399. The van der Waals surface area contributed by atoms with Crippen LogP contribution in [0.25, 0.3) is 21.5 Å². The standard InChI is InChI=1S/C26H26FN7O3S/c1-26(2,3)37-25(36)34-10-8-33(9-11-34)23(35)17-5-7-21(28-13-17)31-24-29-14-18(27)22(32-24)16-4-6-20-19(12-16)30-15-38-20/h4-7,12-15H,8-11H2,1-3H3,(H,28,29,31,32). The number of anilines is 2. The fourth-order valence-electron chi connectivity index (χ4n) is 3.94. The van der Waals surface area contributed by atoms with Crippen LogP contribution >= 0.6 is 11.3 Å². The van der Waals surface area contributed by atoms with Gasteiger partial charge in [0.15, 0.2) is 5.82 Å². The highest BCUT2D eigenvalue weighted by Gasteiger charge is 2.28. The molecule has 0 atom stereocenters. The molecule has 4 heterocycles. The number of hydrogen-bond acceptors (Lipinski definition) is 9. The lowest BCUT2D eigenvalue weighted by atomic mass is 10.1. The predicted molar refractivity (Wildman–Crippen MR) is 142 cm³/mol. The monoisotopic (exact) mass is 535 g/mol. The Morgan fingerprint density at radius 2 is 1.76 bits per heavy atom. The highest BCUT2D eigenvalue weighted by molar-refractivity contribution is 7.16. The van der Waals surface area contributed by atoms with Crippen molar-refractivity contribution < 1.29 is 18.7 Å². The maximum absolute atomic E-state index is 14.5. The normalized spacial score (nSPS) is 14.0. The number of amides is 2. The summed E-state index contributed by atoms with van der Waals surface area (Å²) in [5, 5.41) is 2.96. The molecule has 0 unspecified atom stereocenters. The van der Waals surface area contributed by atoms with Crippen molar-refractivity contribution >= 4 is 45.3 Å². The Morgan fingerprint density at radius 1 is 1.00 bits per heavy atom. The number of nitrogens with zero attached hydrogens (tertiary/aromatic N) is 6. The number of benzene rings is 1. The van der Waals surface area contributed by atoms with E-state index in [-0.39, 0.29) is 23.6 Å². The van der Waals surface area contributed by atoms with E-state index in [1.54, 1.807) is 39.6 Å². The Kier molecular flexibility index (Phi) is 6.89. The molecular weight excluding hydrogens is 509 g/mol. The molecule has 1 N–H and O–H groups in total. The smallest absolute Gasteiger partial charge is 0.410 e. The first-order valence-electron chi connectivity index (χ1n) is 12.0. The molecule has 196 valence electrons. The number of thiazole rings is 1. The summed E-state index contributed by atoms with van der Waals surface area (Å²) < 4.78 is 20.9. The number of ether oxygens (including phenoxy) is 1. The van der Waals surface area contributed by atoms with Crippen LogP contribution in [0.2, 0.25) is 0 Å². The van der Waals surface area contributed by atoms with Crippen LogP contribution < -0.4 is 5.32 Å². The summed E-state index contributed by atoms with van der Waals surface area (Å²) >= 11 is 1.51. The molecule has 12 heteroatoms. The van der Waals surface area contributed by atoms with Crippen LogP contribution in [-0.4, -0.2) is 73.5 Å². The molecule has 1 aliphatic rings. The number of rotatable bonds is 4.